The van der Waals surface area contributed by atoms with Gasteiger partial charge in [-0.2, -0.15) is 13.2 Å². The monoisotopic (exact) mass is 488 g/mol. The van der Waals surface area contributed by atoms with Gasteiger partial charge in [-0.3, -0.25) is 9.88 Å². The van der Waals surface area contributed by atoms with E-state index < -0.39 is 12.6 Å². The van der Waals surface area contributed by atoms with Crippen molar-refractivity contribution in [1.82, 2.24) is 15.2 Å². The summed E-state index contributed by atoms with van der Waals surface area (Å²) in [5.74, 6) is 0. The number of anilines is 1. The van der Waals surface area contributed by atoms with E-state index in [4.69, 9.17) is 4.74 Å². The molecule has 8 heteroatoms. The molecule has 5 rings (SSSR count). The van der Waals surface area contributed by atoms with Crippen LogP contribution < -0.4 is 10.2 Å². The molecule has 2 aliphatic heterocycles. The van der Waals surface area contributed by atoms with Crippen molar-refractivity contribution in [3.8, 4) is 0 Å². The fourth-order valence-corrected chi connectivity index (χ4v) is 5.91. The van der Waals surface area contributed by atoms with E-state index in [1.807, 2.05) is 12.3 Å². The minimum Gasteiger partial charge on any atom is -0.378 e. The lowest BCUT2D eigenvalue weighted by Crippen LogP contribution is -2.47. The van der Waals surface area contributed by atoms with Gasteiger partial charge in [0.05, 0.1) is 24.9 Å². The van der Waals surface area contributed by atoms with Crippen LogP contribution in [0.5, 0.6) is 0 Å². The van der Waals surface area contributed by atoms with Crippen molar-refractivity contribution in [2.75, 3.05) is 44.3 Å². The van der Waals surface area contributed by atoms with Gasteiger partial charge in [-0.1, -0.05) is 18.2 Å². The van der Waals surface area contributed by atoms with Crippen LogP contribution in [0.15, 0.2) is 36.5 Å². The number of hydrogen-bond acceptors (Lipinski definition) is 5. The molecular formula is C27H35F3N4O. The van der Waals surface area contributed by atoms with Crippen LogP contribution in [0.1, 0.15) is 54.1 Å². The van der Waals surface area contributed by atoms with Crippen LogP contribution in [0.3, 0.4) is 0 Å². The molecule has 5 nitrogen and oxygen atoms in total. The lowest BCUT2D eigenvalue weighted by atomic mass is 9.89. The molecule has 0 amide bonds. The number of ether oxygens (including phenoxy) is 1. The Kier molecular flexibility index (Phi) is 7.60. The molecule has 190 valence electrons. The highest BCUT2D eigenvalue weighted by Crippen LogP contribution is 2.35. The number of benzene rings is 1. The second-order valence-corrected chi connectivity index (χ2v) is 9.97. The number of alkyl halides is 3. The number of aromatic nitrogens is 1. The molecule has 1 aromatic heterocycles. The highest BCUT2D eigenvalue weighted by Gasteiger charge is 2.32. The predicted octanol–water partition coefficient (Wildman–Crippen LogP) is 4.65. The molecule has 1 saturated heterocycles. The summed E-state index contributed by atoms with van der Waals surface area (Å²) in [6.07, 6.45) is 0.921. The van der Waals surface area contributed by atoms with Crippen molar-refractivity contribution < 1.29 is 17.9 Å². The maximum absolute atomic E-state index is 13.0. The molecule has 0 bridgehead atoms. The highest BCUT2D eigenvalue weighted by molar-refractivity contribution is 5.58. The topological polar surface area (TPSA) is 40.6 Å². The van der Waals surface area contributed by atoms with Crippen LogP contribution in [-0.4, -0.2) is 61.5 Å². The molecule has 1 fully saturated rings. The number of aryl methyl sites for hydroxylation is 1. The zero-order valence-corrected chi connectivity index (χ0v) is 20.2. The van der Waals surface area contributed by atoms with E-state index in [2.05, 4.69) is 44.4 Å². The maximum atomic E-state index is 13.0. The Morgan fingerprint density at radius 3 is 2.77 bits per heavy atom. The molecule has 1 aromatic carbocycles. The van der Waals surface area contributed by atoms with Gasteiger partial charge in [-0.15, -0.1) is 0 Å². The summed E-state index contributed by atoms with van der Waals surface area (Å²) in [7, 11) is 0. The Balaban J connectivity index is 1.35. The van der Waals surface area contributed by atoms with Gasteiger partial charge in [0.15, 0.2) is 0 Å². The summed E-state index contributed by atoms with van der Waals surface area (Å²) < 4.78 is 44.5. The largest absolute Gasteiger partial charge is 0.389 e. The molecule has 0 unspecified atom stereocenters. The first-order valence-electron chi connectivity index (χ1n) is 12.9. The van der Waals surface area contributed by atoms with Crippen LogP contribution >= 0.6 is 0 Å². The first-order valence-corrected chi connectivity index (χ1v) is 12.9. The SMILES string of the molecule is FC(F)(F)CCCN(C[C@H]1Cc2c(cccc2N2CCOCC2)CN1)[C@H]1CCCc2cccnc21. The fraction of sp³-hybridized carbons (Fsp3) is 0.593. The first kappa shape index (κ1) is 24.5. The quantitative estimate of drug-likeness (QED) is 0.614. The van der Waals surface area contributed by atoms with Crippen LogP contribution in [0, 0.1) is 0 Å². The normalized spacial score (nSPS) is 22.7. The maximum Gasteiger partial charge on any atom is 0.389 e. The third kappa shape index (κ3) is 5.98. The summed E-state index contributed by atoms with van der Waals surface area (Å²) in [6, 6.07) is 10.9. The van der Waals surface area contributed by atoms with Gasteiger partial charge in [0.2, 0.25) is 0 Å². The average molecular weight is 489 g/mol. The van der Waals surface area contributed by atoms with Gasteiger partial charge in [0.25, 0.3) is 0 Å². The Hall–Kier alpha value is -2.16. The average Bonchev–Trinajstić information content (AvgIpc) is 2.87. The number of pyridine rings is 1. The standard InChI is InChI=1S/C27H35F3N4O/c28-27(29,30)10-4-12-34(25-9-1-5-20-7-3-11-31-26(20)25)19-22-17-23-21(18-32-22)6-2-8-24(23)33-13-15-35-16-14-33/h2-3,6-8,11,22,25,32H,1,4-5,9-10,12-19H2/t22-,25+/m1/s1. The Morgan fingerprint density at radius 1 is 1.11 bits per heavy atom. The Morgan fingerprint density at radius 2 is 1.94 bits per heavy atom. The predicted molar refractivity (Wildman–Crippen MR) is 131 cm³/mol. The van der Waals surface area contributed by atoms with E-state index in [9.17, 15) is 13.2 Å². The highest BCUT2D eigenvalue weighted by atomic mass is 19.4. The number of rotatable bonds is 7. The molecule has 0 spiro atoms. The van der Waals surface area contributed by atoms with Gasteiger partial charge in [-0.05, 0) is 67.5 Å². The Labute approximate surface area is 205 Å². The zero-order valence-electron chi connectivity index (χ0n) is 20.2. The smallest absolute Gasteiger partial charge is 0.378 e. The zero-order chi connectivity index (χ0) is 24.3. The van der Waals surface area contributed by atoms with Gasteiger partial charge in [0, 0.05) is 50.5 Å². The van der Waals surface area contributed by atoms with E-state index in [1.165, 1.54) is 22.4 Å². The third-order valence-corrected chi connectivity index (χ3v) is 7.60. The lowest BCUT2D eigenvalue weighted by Gasteiger charge is -2.39. The molecule has 2 atom stereocenters. The van der Waals surface area contributed by atoms with E-state index in [-0.39, 0.29) is 18.5 Å². The van der Waals surface area contributed by atoms with Crippen LogP contribution in [-0.2, 0) is 24.1 Å². The van der Waals surface area contributed by atoms with Gasteiger partial charge in [-0.25, -0.2) is 0 Å². The van der Waals surface area contributed by atoms with E-state index in [1.54, 1.807) is 0 Å². The van der Waals surface area contributed by atoms with E-state index in [0.29, 0.717) is 6.54 Å². The fourth-order valence-electron chi connectivity index (χ4n) is 5.91. The summed E-state index contributed by atoms with van der Waals surface area (Å²) in [6.45, 7) is 5.20. The molecule has 0 saturated carbocycles. The second-order valence-electron chi connectivity index (χ2n) is 9.97. The van der Waals surface area contributed by atoms with Crippen molar-refractivity contribution in [1.29, 1.82) is 0 Å². The molecule has 2 aromatic rings. The molecule has 1 aliphatic carbocycles. The van der Waals surface area contributed by atoms with Crippen LogP contribution in [0.25, 0.3) is 0 Å². The van der Waals surface area contributed by atoms with Gasteiger partial charge < -0.3 is 15.0 Å². The summed E-state index contributed by atoms with van der Waals surface area (Å²) >= 11 is 0. The number of nitrogens with zero attached hydrogens (tertiary/aromatic N) is 3. The Bertz CT molecular complexity index is 993. The number of nitrogens with one attached hydrogen (secondary N) is 1. The molecule has 1 N–H and O–H groups in total. The molecule has 0 radical (unpaired) electrons. The van der Waals surface area contributed by atoms with Crippen molar-refractivity contribution in [3.05, 3.63) is 58.9 Å². The van der Waals surface area contributed by atoms with Crippen LogP contribution in [0.4, 0.5) is 18.9 Å². The third-order valence-electron chi connectivity index (χ3n) is 7.60. The number of morpholine rings is 1. The number of halogens is 3. The second kappa shape index (κ2) is 10.8. The van der Waals surface area contributed by atoms with Crippen molar-refractivity contribution >= 4 is 5.69 Å². The number of fused-ring (bicyclic) bond motifs is 2. The van der Waals surface area contributed by atoms with Crippen molar-refractivity contribution in [2.24, 2.45) is 0 Å². The summed E-state index contributed by atoms with van der Waals surface area (Å²) in [4.78, 5) is 9.36. The molecular weight excluding hydrogens is 453 g/mol. The molecule has 3 heterocycles. The lowest BCUT2D eigenvalue weighted by molar-refractivity contribution is -0.136. The van der Waals surface area contributed by atoms with Crippen molar-refractivity contribution in [3.63, 3.8) is 0 Å². The number of hydrogen-bond donors (Lipinski definition) is 1. The van der Waals surface area contributed by atoms with E-state index in [0.717, 1.165) is 70.8 Å². The minimum absolute atomic E-state index is 0.0749. The van der Waals surface area contributed by atoms with E-state index >= 15 is 0 Å². The summed E-state index contributed by atoms with van der Waals surface area (Å²) in [5, 5.41) is 3.68. The van der Waals surface area contributed by atoms with Gasteiger partial charge in [0.1, 0.15) is 0 Å². The molecule has 3 aliphatic rings. The molecule has 35 heavy (non-hydrogen) atoms. The first-order chi connectivity index (χ1) is 17.0. The minimum atomic E-state index is -4.12. The van der Waals surface area contributed by atoms with Crippen LogP contribution in [0.2, 0.25) is 0 Å². The summed E-state index contributed by atoms with van der Waals surface area (Å²) in [5.41, 5.74) is 6.26. The van der Waals surface area contributed by atoms with Crippen molar-refractivity contribution in [2.45, 2.75) is 63.3 Å². The van der Waals surface area contributed by atoms with Gasteiger partial charge >= 0.3 is 6.18 Å².